The first-order valence-corrected chi connectivity index (χ1v) is 8.75. The molecule has 2 amide bonds. The maximum Gasteiger partial charge on any atom is 0.257 e. The third-order valence-electron chi connectivity index (χ3n) is 4.23. The Hall–Kier alpha value is -2.34. The highest BCUT2D eigenvalue weighted by Crippen LogP contribution is 2.20. The number of carbonyl (C=O) groups is 2. The molecule has 1 aliphatic heterocycles. The molecule has 0 atom stereocenters. The van der Waals surface area contributed by atoms with Crippen molar-refractivity contribution in [3.8, 4) is 0 Å². The van der Waals surface area contributed by atoms with Crippen molar-refractivity contribution >= 4 is 47.2 Å². The molecular weight excluding hydrogens is 385 g/mol. The monoisotopic (exact) mass is 405 g/mol. The lowest BCUT2D eigenvalue weighted by molar-refractivity contribution is -0.113. The standard InChI is InChI=1S/C20H20ClN3O2.ClH/c1-24-12-10-14(11-13-24)19(25)23-18-5-3-2-4-17(18)20(26)22-16-8-6-15(21)7-9-16;/h2-10H,11-13H2,1H3,(H,22,26)(H,23,25);1H. The van der Waals surface area contributed by atoms with Crippen molar-refractivity contribution in [1.82, 2.24) is 4.90 Å². The molecule has 142 valence electrons. The van der Waals surface area contributed by atoms with Crippen LogP contribution in [0.3, 0.4) is 0 Å². The molecule has 0 saturated heterocycles. The van der Waals surface area contributed by atoms with E-state index in [4.69, 9.17) is 11.6 Å². The molecule has 2 aromatic carbocycles. The third kappa shape index (κ3) is 5.57. The summed E-state index contributed by atoms with van der Waals surface area (Å²) in [5.41, 5.74) is 2.28. The number of halogens is 2. The lowest BCUT2D eigenvalue weighted by Crippen LogP contribution is -2.28. The van der Waals surface area contributed by atoms with Crippen LogP contribution in [0.1, 0.15) is 16.8 Å². The Morgan fingerprint density at radius 3 is 2.37 bits per heavy atom. The van der Waals surface area contributed by atoms with Gasteiger partial charge in [0.1, 0.15) is 0 Å². The van der Waals surface area contributed by atoms with Crippen LogP contribution in [-0.4, -0.2) is 36.9 Å². The minimum Gasteiger partial charge on any atom is -0.322 e. The second kappa shape index (κ2) is 9.55. The number of rotatable bonds is 4. The summed E-state index contributed by atoms with van der Waals surface area (Å²) in [6, 6.07) is 13.8. The van der Waals surface area contributed by atoms with Gasteiger partial charge >= 0.3 is 0 Å². The zero-order chi connectivity index (χ0) is 18.5. The molecule has 0 bridgehead atoms. The van der Waals surface area contributed by atoms with Gasteiger partial charge in [-0.25, -0.2) is 0 Å². The van der Waals surface area contributed by atoms with E-state index in [1.165, 1.54) is 0 Å². The Balaban J connectivity index is 0.00000261. The molecule has 1 heterocycles. The van der Waals surface area contributed by atoms with Gasteiger partial charge < -0.3 is 15.5 Å². The van der Waals surface area contributed by atoms with E-state index in [1.807, 2.05) is 13.1 Å². The van der Waals surface area contributed by atoms with E-state index < -0.39 is 0 Å². The Morgan fingerprint density at radius 2 is 1.70 bits per heavy atom. The second-order valence-corrected chi connectivity index (χ2v) is 6.64. The average Bonchev–Trinajstić information content (AvgIpc) is 2.64. The molecule has 0 aromatic heterocycles. The fraction of sp³-hybridized carbons (Fsp3) is 0.200. The predicted octanol–water partition coefficient (Wildman–Crippen LogP) is 4.21. The zero-order valence-corrected chi connectivity index (χ0v) is 16.4. The molecule has 0 saturated carbocycles. The van der Waals surface area contributed by atoms with Gasteiger partial charge in [-0.3, -0.25) is 9.59 Å². The van der Waals surface area contributed by atoms with E-state index in [-0.39, 0.29) is 24.2 Å². The number of hydrogen-bond donors (Lipinski definition) is 2. The summed E-state index contributed by atoms with van der Waals surface area (Å²) in [5.74, 6) is -0.453. The van der Waals surface area contributed by atoms with Crippen molar-refractivity contribution in [3.63, 3.8) is 0 Å². The molecule has 0 aliphatic carbocycles. The molecule has 3 rings (SSSR count). The van der Waals surface area contributed by atoms with Crippen LogP contribution in [0, 0.1) is 0 Å². The van der Waals surface area contributed by atoms with Gasteiger partial charge in [-0.15, -0.1) is 12.4 Å². The quantitative estimate of drug-likeness (QED) is 0.800. The molecule has 2 aromatic rings. The fourth-order valence-corrected chi connectivity index (χ4v) is 2.83. The third-order valence-corrected chi connectivity index (χ3v) is 4.48. The number of likely N-dealkylation sites (N-methyl/N-ethyl adjacent to an activating group) is 1. The SMILES string of the molecule is CN1CC=C(C(=O)Nc2ccccc2C(=O)Nc2ccc(Cl)cc2)CC1.Cl. The van der Waals surface area contributed by atoms with Crippen LogP contribution in [0.15, 0.2) is 60.2 Å². The van der Waals surface area contributed by atoms with Gasteiger partial charge in [-0.2, -0.15) is 0 Å². The van der Waals surface area contributed by atoms with Gasteiger partial charge in [0.2, 0.25) is 0 Å². The summed E-state index contributed by atoms with van der Waals surface area (Å²) in [5, 5.41) is 6.28. The van der Waals surface area contributed by atoms with Gasteiger partial charge in [-0.1, -0.05) is 29.8 Å². The maximum absolute atomic E-state index is 12.6. The Morgan fingerprint density at radius 1 is 1.00 bits per heavy atom. The summed E-state index contributed by atoms with van der Waals surface area (Å²) in [4.78, 5) is 27.2. The summed E-state index contributed by atoms with van der Waals surface area (Å²) in [6.45, 7) is 1.60. The number of nitrogens with one attached hydrogen (secondary N) is 2. The fourth-order valence-electron chi connectivity index (χ4n) is 2.70. The highest BCUT2D eigenvalue weighted by Gasteiger charge is 2.18. The molecule has 7 heteroatoms. The van der Waals surface area contributed by atoms with Crippen LogP contribution in [0.25, 0.3) is 0 Å². The van der Waals surface area contributed by atoms with Gasteiger partial charge in [-0.05, 0) is 49.9 Å². The van der Waals surface area contributed by atoms with Crippen LogP contribution >= 0.6 is 24.0 Å². The summed E-state index contributed by atoms with van der Waals surface area (Å²) >= 11 is 5.86. The number of para-hydroxylation sites is 1. The minimum absolute atomic E-state index is 0. The first kappa shape index (κ1) is 21.0. The average molecular weight is 406 g/mol. The van der Waals surface area contributed by atoms with Gasteiger partial charge in [0, 0.05) is 29.4 Å². The van der Waals surface area contributed by atoms with Crippen molar-refractivity contribution in [2.45, 2.75) is 6.42 Å². The summed E-state index contributed by atoms with van der Waals surface area (Å²) in [7, 11) is 2.02. The first-order valence-electron chi connectivity index (χ1n) is 8.38. The highest BCUT2D eigenvalue weighted by atomic mass is 35.5. The molecular formula is C20H21Cl2N3O2. The van der Waals surface area contributed by atoms with Crippen LogP contribution in [0.4, 0.5) is 11.4 Å². The van der Waals surface area contributed by atoms with Crippen molar-refractivity contribution in [3.05, 3.63) is 70.8 Å². The number of anilines is 2. The van der Waals surface area contributed by atoms with E-state index in [9.17, 15) is 9.59 Å². The Labute approximate surface area is 169 Å². The van der Waals surface area contributed by atoms with Crippen molar-refractivity contribution in [2.24, 2.45) is 0 Å². The number of benzene rings is 2. The second-order valence-electron chi connectivity index (χ2n) is 6.20. The molecule has 1 aliphatic rings. The molecule has 2 N–H and O–H groups in total. The van der Waals surface area contributed by atoms with E-state index >= 15 is 0 Å². The molecule has 0 spiro atoms. The molecule has 0 unspecified atom stereocenters. The Bertz CT molecular complexity index is 851. The summed E-state index contributed by atoms with van der Waals surface area (Å²) < 4.78 is 0. The topological polar surface area (TPSA) is 61.4 Å². The molecule has 5 nitrogen and oxygen atoms in total. The predicted molar refractivity (Wildman–Crippen MR) is 112 cm³/mol. The number of amides is 2. The van der Waals surface area contributed by atoms with E-state index in [0.717, 1.165) is 18.7 Å². The van der Waals surface area contributed by atoms with Crippen LogP contribution in [0.2, 0.25) is 5.02 Å². The van der Waals surface area contributed by atoms with Crippen LogP contribution in [0.5, 0.6) is 0 Å². The summed E-state index contributed by atoms with van der Waals surface area (Å²) in [6.07, 6.45) is 2.62. The van der Waals surface area contributed by atoms with Gasteiger partial charge in [0.05, 0.1) is 11.3 Å². The Kier molecular flexibility index (Phi) is 7.42. The zero-order valence-electron chi connectivity index (χ0n) is 14.9. The highest BCUT2D eigenvalue weighted by molar-refractivity contribution is 6.30. The van der Waals surface area contributed by atoms with Gasteiger partial charge in [0.25, 0.3) is 11.8 Å². The molecule has 0 radical (unpaired) electrons. The first-order chi connectivity index (χ1) is 12.5. The van der Waals surface area contributed by atoms with Crippen molar-refractivity contribution < 1.29 is 9.59 Å². The lowest BCUT2D eigenvalue weighted by atomic mass is 10.1. The van der Waals surface area contributed by atoms with Crippen molar-refractivity contribution in [2.75, 3.05) is 30.8 Å². The minimum atomic E-state index is -0.291. The largest absolute Gasteiger partial charge is 0.322 e. The van der Waals surface area contributed by atoms with E-state index in [0.29, 0.717) is 28.4 Å². The lowest BCUT2D eigenvalue weighted by Gasteiger charge is -2.21. The maximum atomic E-state index is 12.6. The van der Waals surface area contributed by atoms with Crippen LogP contribution in [-0.2, 0) is 4.79 Å². The van der Waals surface area contributed by atoms with E-state index in [2.05, 4.69) is 15.5 Å². The number of carbonyl (C=O) groups excluding carboxylic acids is 2. The van der Waals surface area contributed by atoms with Crippen molar-refractivity contribution in [1.29, 1.82) is 0 Å². The van der Waals surface area contributed by atoms with Crippen LogP contribution < -0.4 is 10.6 Å². The number of hydrogen-bond acceptors (Lipinski definition) is 3. The molecule has 27 heavy (non-hydrogen) atoms. The number of nitrogens with zero attached hydrogens (tertiary/aromatic N) is 1. The van der Waals surface area contributed by atoms with E-state index in [1.54, 1.807) is 48.5 Å². The van der Waals surface area contributed by atoms with Gasteiger partial charge in [0.15, 0.2) is 0 Å². The normalized spacial score (nSPS) is 13.9. The molecule has 0 fully saturated rings. The smallest absolute Gasteiger partial charge is 0.257 e.